The molecule has 0 aliphatic carbocycles. The van der Waals surface area contributed by atoms with Gasteiger partial charge in [0.05, 0.1) is 11.8 Å². The van der Waals surface area contributed by atoms with Crippen molar-refractivity contribution in [3.63, 3.8) is 0 Å². The molecule has 0 atom stereocenters. The smallest absolute Gasteiger partial charge is 0.271 e. The highest BCUT2D eigenvalue weighted by Crippen LogP contribution is 2.32. The van der Waals surface area contributed by atoms with E-state index in [1.165, 1.54) is 0 Å². The number of rotatable bonds is 11. The molecule has 0 unspecified atom stereocenters. The highest BCUT2D eigenvalue weighted by Gasteiger charge is 2.35. The molecule has 2 amide bonds. The Kier molecular flexibility index (Phi) is 9.93. The Morgan fingerprint density at radius 3 is 2.49 bits per heavy atom. The Balaban J connectivity index is 1.54. The summed E-state index contributed by atoms with van der Waals surface area (Å²) in [5.41, 5.74) is 4.23. The summed E-state index contributed by atoms with van der Waals surface area (Å²) in [5.74, 6) is -0.432. The van der Waals surface area contributed by atoms with Gasteiger partial charge in [-0.25, -0.2) is 4.68 Å². The molecule has 0 fully saturated rings. The Labute approximate surface area is 267 Å². The lowest BCUT2D eigenvalue weighted by molar-refractivity contribution is -0.140. The minimum atomic E-state index is -0.592. The maximum atomic E-state index is 13.8. The molecule has 0 radical (unpaired) electrons. The molecule has 0 bridgehead atoms. The summed E-state index contributed by atoms with van der Waals surface area (Å²) in [5, 5.41) is 15.4. The van der Waals surface area contributed by atoms with E-state index in [9.17, 15) is 14.9 Å². The minimum absolute atomic E-state index is 0.0321. The maximum Gasteiger partial charge on any atom is 0.271 e. The van der Waals surface area contributed by atoms with Gasteiger partial charge < -0.3 is 9.47 Å². The van der Waals surface area contributed by atoms with Crippen LogP contribution in [-0.2, 0) is 20.9 Å². The van der Waals surface area contributed by atoms with Gasteiger partial charge in [-0.2, -0.15) is 10.4 Å². The Bertz CT molecular complexity index is 1820. The highest BCUT2D eigenvalue weighted by atomic mass is 35.5. The van der Waals surface area contributed by atoms with Gasteiger partial charge in [-0.3, -0.25) is 14.5 Å². The van der Waals surface area contributed by atoms with E-state index >= 15 is 0 Å². The monoisotopic (exact) mass is 620 g/mol. The summed E-state index contributed by atoms with van der Waals surface area (Å²) in [6.07, 6.45) is 4.03. The standard InChI is InChI=1S/C36H33ClN4O4/c1-24(2)44-18-10-17-40-35(42)31(25(3)32(21-38)36(40)43)20-28-22-41(29-13-5-4-6-14-29)39-34(28)26-12-9-15-30(19-26)45-23-27-11-7-8-16-33(27)37/h4-9,11-16,19-20,22,24H,10,17-18,23H2,1-3H3/b31-20+. The third-order valence-electron chi connectivity index (χ3n) is 7.33. The van der Waals surface area contributed by atoms with Crippen molar-refractivity contribution < 1.29 is 19.1 Å². The van der Waals surface area contributed by atoms with E-state index in [0.717, 1.165) is 21.7 Å². The van der Waals surface area contributed by atoms with Crippen LogP contribution in [0, 0.1) is 11.3 Å². The molecule has 0 saturated carbocycles. The predicted molar refractivity (Wildman–Crippen MR) is 173 cm³/mol. The zero-order chi connectivity index (χ0) is 31.9. The summed E-state index contributed by atoms with van der Waals surface area (Å²) < 4.78 is 13.4. The zero-order valence-corrected chi connectivity index (χ0v) is 26.1. The molecule has 2 heterocycles. The lowest BCUT2D eigenvalue weighted by Gasteiger charge is -2.27. The number of carbonyl (C=O) groups is 2. The number of hydrogen-bond acceptors (Lipinski definition) is 6. The number of halogens is 1. The number of amides is 2. The maximum absolute atomic E-state index is 13.8. The van der Waals surface area contributed by atoms with Gasteiger partial charge in [0.2, 0.25) is 0 Å². The van der Waals surface area contributed by atoms with Crippen LogP contribution in [0.25, 0.3) is 23.0 Å². The molecule has 9 heteroatoms. The second kappa shape index (κ2) is 14.2. The highest BCUT2D eigenvalue weighted by molar-refractivity contribution is 6.31. The molecular formula is C36H33ClN4O4. The van der Waals surface area contributed by atoms with Crippen molar-refractivity contribution in [2.45, 2.75) is 39.9 Å². The van der Waals surface area contributed by atoms with Gasteiger partial charge in [0.15, 0.2) is 0 Å². The Morgan fingerprint density at radius 1 is 1.00 bits per heavy atom. The van der Waals surface area contributed by atoms with Crippen molar-refractivity contribution >= 4 is 29.5 Å². The fraction of sp³-hybridized carbons (Fsp3) is 0.222. The number of imide groups is 1. The van der Waals surface area contributed by atoms with Gasteiger partial charge >= 0.3 is 0 Å². The number of aromatic nitrogens is 2. The lowest BCUT2D eigenvalue weighted by Crippen LogP contribution is -2.43. The van der Waals surface area contributed by atoms with E-state index in [0.29, 0.717) is 47.2 Å². The van der Waals surface area contributed by atoms with Gasteiger partial charge in [-0.15, -0.1) is 0 Å². The zero-order valence-electron chi connectivity index (χ0n) is 25.4. The summed E-state index contributed by atoms with van der Waals surface area (Å²) >= 11 is 6.32. The SMILES string of the molecule is CC1=C(C#N)C(=O)N(CCCOC(C)C)C(=O)/C1=C/c1cn(-c2ccccc2)nc1-c1cccc(OCc2ccccc2Cl)c1. The molecule has 0 N–H and O–H groups in total. The van der Waals surface area contributed by atoms with Crippen LogP contribution in [0.2, 0.25) is 5.02 Å². The molecule has 0 saturated heterocycles. The van der Waals surface area contributed by atoms with Crippen molar-refractivity contribution in [1.82, 2.24) is 14.7 Å². The number of hydrogen-bond donors (Lipinski definition) is 0. The number of para-hydroxylation sites is 1. The van der Waals surface area contributed by atoms with Gasteiger partial charge in [0.25, 0.3) is 11.8 Å². The van der Waals surface area contributed by atoms with Crippen molar-refractivity contribution in [2.24, 2.45) is 0 Å². The second-order valence-corrected chi connectivity index (χ2v) is 11.2. The van der Waals surface area contributed by atoms with Crippen molar-refractivity contribution in [1.29, 1.82) is 5.26 Å². The third kappa shape index (κ3) is 7.23. The van der Waals surface area contributed by atoms with Crippen LogP contribution >= 0.6 is 11.6 Å². The molecular weight excluding hydrogens is 588 g/mol. The number of benzene rings is 3. The van der Waals surface area contributed by atoms with Crippen LogP contribution < -0.4 is 4.74 Å². The van der Waals surface area contributed by atoms with Gasteiger partial charge in [-0.05, 0) is 69.2 Å². The second-order valence-electron chi connectivity index (χ2n) is 10.8. The first-order chi connectivity index (χ1) is 21.8. The summed E-state index contributed by atoms with van der Waals surface area (Å²) in [4.78, 5) is 28.0. The van der Waals surface area contributed by atoms with E-state index < -0.39 is 11.8 Å². The molecule has 1 aliphatic heterocycles. The number of ether oxygens (including phenoxy) is 2. The van der Waals surface area contributed by atoms with Gasteiger partial charge in [0.1, 0.15) is 29.7 Å². The molecule has 0 spiro atoms. The molecule has 3 aromatic carbocycles. The first kappa shape index (κ1) is 31.5. The number of nitriles is 1. The normalized spacial score (nSPS) is 14.4. The molecule has 1 aliphatic rings. The van der Waals surface area contributed by atoms with E-state index in [1.807, 2.05) is 105 Å². The molecule has 5 rings (SSSR count). The molecule has 1 aromatic heterocycles. The van der Waals surface area contributed by atoms with E-state index in [2.05, 4.69) is 0 Å². The van der Waals surface area contributed by atoms with Crippen molar-refractivity contribution in [3.05, 3.63) is 118 Å². The van der Waals surface area contributed by atoms with E-state index in [4.69, 9.17) is 26.2 Å². The van der Waals surface area contributed by atoms with Crippen LogP contribution in [-0.4, -0.2) is 45.8 Å². The van der Waals surface area contributed by atoms with Crippen LogP contribution in [0.1, 0.15) is 38.3 Å². The largest absolute Gasteiger partial charge is 0.489 e. The summed E-state index contributed by atoms with van der Waals surface area (Å²) in [6.45, 7) is 6.30. The molecule has 228 valence electrons. The fourth-order valence-corrected chi connectivity index (χ4v) is 5.16. The van der Waals surface area contributed by atoms with E-state index in [-0.39, 0.29) is 23.8 Å². The van der Waals surface area contributed by atoms with Gasteiger partial charge in [-0.1, -0.05) is 60.1 Å². The number of nitrogens with zero attached hydrogens (tertiary/aromatic N) is 4. The summed E-state index contributed by atoms with van der Waals surface area (Å²) in [7, 11) is 0. The molecule has 4 aromatic rings. The number of carbonyl (C=O) groups excluding carboxylic acids is 2. The third-order valence-corrected chi connectivity index (χ3v) is 7.69. The Morgan fingerprint density at radius 2 is 1.76 bits per heavy atom. The quantitative estimate of drug-likeness (QED) is 0.100. The first-order valence-corrected chi connectivity index (χ1v) is 15.1. The topological polar surface area (TPSA) is 97.5 Å². The van der Waals surface area contributed by atoms with Crippen LogP contribution in [0.3, 0.4) is 0 Å². The van der Waals surface area contributed by atoms with Gasteiger partial charge in [0, 0.05) is 46.6 Å². The van der Waals surface area contributed by atoms with Crippen molar-refractivity contribution in [2.75, 3.05) is 13.2 Å². The average molecular weight is 621 g/mol. The van der Waals surface area contributed by atoms with Crippen molar-refractivity contribution in [3.8, 4) is 28.8 Å². The summed E-state index contributed by atoms with van der Waals surface area (Å²) in [6, 6.07) is 26.7. The van der Waals surface area contributed by atoms with Crippen LogP contribution in [0.4, 0.5) is 0 Å². The van der Waals surface area contributed by atoms with Crippen LogP contribution in [0.5, 0.6) is 5.75 Å². The predicted octanol–water partition coefficient (Wildman–Crippen LogP) is 7.18. The van der Waals surface area contributed by atoms with Crippen LogP contribution in [0.15, 0.2) is 102 Å². The average Bonchev–Trinajstić information content (AvgIpc) is 3.47. The minimum Gasteiger partial charge on any atom is -0.489 e. The van der Waals surface area contributed by atoms with E-state index in [1.54, 1.807) is 17.7 Å². The molecule has 45 heavy (non-hydrogen) atoms. The molecule has 8 nitrogen and oxygen atoms in total. The Hall–Kier alpha value is -4.97. The first-order valence-electron chi connectivity index (χ1n) is 14.7. The lowest BCUT2D eigenvalue weighted by atomic mass is 9.93. The fourth-order valence-electron chi connectivity index (χ4n) is 4.97.